The monoisotopic (exact) mass is 518 g/mol. The highest BCUT2D eigenvalue weighted by Gasteiger charge is 2.28. The minimum atomic E-state index is -0.0320. The second-order valence-electron chi connectivity index (χ2n) is 9.80. The Morgan fingerprint density at radius 2 is 1.92 bits per heavy atom. The van der Waals surface area contributed by atoms with E-state index in [4.69, 9.17) is 20.6 Å². The lowest BCUT2D eigenvalue weighted by molar-refractivity contribution is 0.0636. The fraction of sp³-hybridized carbons (Fsp3) is 0.393. The third-order valence-electron chi connectivity index (χ3n) is 6.83. The molecule has 9 heteroatoms. The second kappa shape index (κ2) is 10.6. The molecule has 194 valence electrons. The summed E-state index contributed by atoms with van der Waals surface area (Å²) >= 11 is 1.62. The number of hydrogen-bond donors (Lipinski definition) is 1. The van der Waals surface area contributed by atoms with Crippen molar-refractivity contribution in [2.75, 3.05) is 46.4 Å². The quantitative estimate of drug-likeness (QED) is 0.392. The Kier molecular flexibility index (Phi) is 7.28. The van der Waals surface area contributed by atoms with Crippen molar-refractivity contribution < 1.29 is 9.53 Å². The van der Waals surface area contributed by atoms with E-state index in [0.29, 0.717) is 25.3 Å². The third kappa shape index (κ3) is 4.99. The number of thiazole rings is 1. The lowest BCUT2D eigenvalue weighted by Crippen LogP contribution is -2.49. The molecule has 4 aromatic rings. The van der Waals surface area contributed by atoms with E-state index in [1.54, 1.807) is 18.4 Å². The van der Waals surface area contributed by atoms with Crippen LogP contribution in [-0.2, 0) is 0 Å². The molecule has 1 fully saturated rings. The van der Waals surface area contributed by atoms with Gasteiger partial charge in [-0.3, -0.25) is 9.69 Å². The van der Waals surface area contributed by atoms with Crippen LogP contribution in [0.2, 0.25) is 0 Å². The molecule has 2 aromatic carbocycles. The van der Waals surface area contributed by atoms with Gasteiger partial charge in [0, 0.05) is 55.1 Å². The van der Waals surface area contributed by atoms with E-state index in [2.05, 4.69) is 36.9 Å². The van der Waals surface area contributed by atoms with Crippen molar-refractivity contribution in [3.63, 3.8) is 0 Å². The highest BCUT2D eigenvalue weighted by atomic mass is 32.1. The van der Waals surface area contributed by atoms with E-state index < -0.39 is 0 Å². The number of hydrogen-bond acceptors (Lipinski definition) is 7. The van der Waals surface area contributed by atoms with Gasteiger partial charge >= 0.3 is 0 Å². The number of rotatable bonds is 7. The molecule has 2 N–H and O–H groups in total. The minimum absolute atomic E-state index is 0.0320. The first-order chi connectivity index (χ1) is 17.9. The first-order valence-corrected chi connectivity index (χ1v) is 13.6. The van der Waals surface area contributed by atoms with Crippen molar-refractivity contribution in [1.82, 2.24) is 24.6 Å². The summed E-state index contributed by atoms with van der Waals surface area (Å²) < 4.78 is 7.29. The summed E-state index contributed by atoms with van der Waals surface area (Å²) in [5, 5.41) is 6.50. The van der Waals surface area contributed by atoms with Crippen molar-refractivity contribution in [2.24, 2.45) is 5.73 Å². The number of fused-ring (bicyclic) bond motifs is 1. The summed E-state index contributed by atoms with van der Waals surface area (Å²) in [7, 11) is 1.67. The average molecular weight is 519 g/mol. The average Bonchev–Trinajstić information content (AvgIpc) is 3.51. The minimum Gasteiger partial charge on any atom is -0.497 e. The molecular formula is C28H34N6O2S. The topological polar surface area (TPSA) is 89.5 Å². The molecule has 1 amide bonds. The molecule has 1 aliphatic rings. The van der Waals surface area contributed by atoms with E-state index in [-0.39, 0.29) is 11.8 Å². The fourth-order valence-corrected chi connectivity index (χ4v) is 5.88. The summed E-state index contributed by atoms with van der Waals surface area (Å²) in [6.07, 6.45) is 0. The van der Waals surface area contributed by atoms with E-state index in [0.717, 1.165) is 58.2 Å². The molecule has 0 bridgehead atoms. The molecule has 0 saturated carbocycles. The SMILES string of the molecule is COc1cccc(-c2nc(-n3nc(C(=O)N4CCN(CCN)CC4)c4cc(C)ccc43)sc2C(C)C)c1. The number of methoxy groups -OCH3 is 1. The largest absolute Gasteiger partial charge is 0.497 e. The van der Waals surface area contributed by atoms with Gasteiger partial charge < -0.3 is 15.4 Å². The Bertz CT molecular complexity index is 1420. The van der Waals surface area contributed by atoms with E-state index >= 15 is 0 Å². The zero-order valence-electron chi connectivity index (χ0n) is 21.9. The number of benzene rings is 2. The van der Waals surface area contributed by atoms with Crippen molar-refractivity contribution in [2.45, 2.75) is 26.7 Å². The number of aromatic nitrogens is 3. The van der Waals surface area contributed by atoms with Crippen LogP contribution >= 0.6 is 11.3 Å². The third-order valence-corrected chi connectivity index (χ3v) is 8.17. The van der Waals surface area contributed by atoms with Gasteiger partial charge in [-0.25, -0.2) is 9.67 Å². The van der Waals surface area contributed by atoms with E-state index in [1.807, 2.05) is 40.8 Å². The summed E-state index contributed by atoms with van der Waals surface area (Å²) in [6.45, 7) is 10.9. The first-order valence-electron chi connectivity index (χ1n) is 12.8. The van der Waals surface area contributed by atoms with Gasteiger partial charge in [-0.2, -0.15) is 5.10 Å². The summed E-state index contributed by atoms with van der Waals surface area (Å²) in [4.78, 5) is 24.1. The molecule has 1 aliphatic heterocycles. The van der Waals surface area contributed by atoms with Crippen LogP contribution in [-0.4, -0.2) is 76.8 Å². The summed E-state index contributed by atoms with van der Waals surface area (Å²) in [5.41, 5.74) is 10.1. The number of carbonyl (C=O) groups is 1. The zero-order valence-corrected chi connectivity index (χ0v) is 22.7. The fourth-order valence-electron chi connectivity index (χ4n) is 4.82. The van der Waals surface area contributed by atoms with Gasteiger partial charge in [0.25, 0.3) is 5.91 Å². The van der Waals surface area contributed by atoms with Gasteiger partial charge in [-0.05, 0) is 37.1 Å². The Morgan fingerprint density at radius 3 is 2.62 bits per heavy atom. The zero-order chi connectivity index (χ0) is 26.1. The number of nitrogens with zero attached hydrogens (tertiary/aromatic N) is 5. The summed E-state index contributed by atoms with van der Waals surface area (Å²) in [6, 6.07) is 14.1. The van der Waals surface area contributed by atoms with Crippen LogP contribution in [0.15, 0.2) is 42.5 Å². The number of aryl methyl sites for hydroxylation is 1. The molecule has 0 radical (unpaired) electrons. The molecule has 3 heterocycles. The van der Waals surface area contributed by atoms with Crippen LogP contribution in [0.3, 0.4) is 0 Å². The maximum Gasteiger partial charge on any atom is 0.275 e. The normalized spacial score (nSPS) is 14.6. The smallest absolute Gasteiger partial charge is 0.275 e. The molecule has 5 rings (SSSR count). The van der Waals surface area contributed by atoms with Crippen molar-refractivity contribution in [3.8, 4) is 22.1 Å². The van der Waals surface area contributed by atoms with E-state index in [9.17, 15) is 4.79 Å². The van der Waals surface area contributed by atoms with Gasteiger partial charge in [0.05, 0.1) is 18.3 Å². The lowest BCUT2D eigenvalue weighted by atomic mass is 10.1. The Balaban J connectivity index is 1.57. The number of piperazine rings is 1. The maximum absolute atomic E-state index is 13.7. The van der Waals surface area contributed by atoms with Gasteiger partial charge in [-0.15, -0.1) is 0 Å². The number of ether oxygens (including phenoxy) is 1. The number of carbonyl (C=O) groups excluding carboxylic acids is 1. The standard InChI is InChI=1S/C28H34N6O2S/c1-18(2)26-24(20-6-5-7-21(17-20)36-4)30-28(37-26)34-23-9-8-19(3)16-22(23)25(31-34)27(35)33-14-12-32(11-10-29)13-15-33/h5-9,16-18H,10-15,29H2,1-4H3. The van der Waals surface area contributed by atoms with Crippen molar-refractivity contribution in [1.29, 1.82) is 0 Å². The predicted molar refractivity (Wildman–Crippen MR) is 149 cm³/mol. The highest BCUT2D eigenvalue weighted by molar-refractivity contribution is 7.14. The van der Waals surface area contributed by atoms with Gasteiger partial charge in [0.2, 0.25) is 5.13 Å². The van der Waals surface area contributed by atoms with Gasteiger partial charge in [0.15, 0.2) is 5.69 Å². The molecule has 1 saturated heterocycles. The van der Waals surface area contributed by atoms with Crippen molar-refractivity contribution in [3.05, 3.63) is 58.6 Å². The van der Waals surface area contributed by atoms with Crippen LogP contribution in [0.1, 0.15) is 40.7 Å². The molecule has 2 aromatic heterocycles. The van der Waals surface area contributed by atoms with Crippen LogP contribution < -0.4 is 10.5 Å². The second-order valence-corrected chi connectivity index (χ2v) is 10.8. The molecule has 37 heavy (non-hydrogen) atoms. The lowest BCUT2D eigenvalue weighted by Gasteiger charge is -2.34. The van der Waals surface area contributed by atoms with Gasteiger partial charge in [-0.1, -0.05) is 48.9 Å². The van der Waals surface area contributed by atoms with Gasteiger partial charge in [0.1, 0.15) is 5.75 Å². The maximum atomic E-state index is 13.7. The first kappa shape index (κ1) is 25.4. The highest BCUT2D eigenvalue weighted by Crippen LogP contribution is 2.37. The van der Waals surface area contributed by atoms with Crippen LogP contribution in [0, 0.1) is 6.92 Å². The molecule has 0 atom stereocenters. The van der Waals surface area contributed by atoms with E-state index in [1.165, 1.54) is 4.88 Å². The molecule has 0 spiro atoms. The van der Waals surface area contributed by atoms with Crippen molar-refractivity contribution >= 4 is 28.1 Å². The molecule has 0 aliphatic carbocycles. The number of amides is 1. The Morgan fingerprint density at radius 1 is 1.14 bits per heavy atom. The molecule has 0 unspecified atom stereocenters. The molecular weight excluding hydrogens is 484 g/mol. The van der Waals surface area contributed by atoms with Crippen LogP contribution in [0.25, 0.3) is 27.3 Å². The molecule has 8 nitrogen and oxygen atoms in total. The summed E-state index contributed by atoms with van der Waals surface area (Å²) in [5.74, 6) is 1.04. The number of nitrogens with two attached hydrogens (primary N) is 1. The van der Waals surface area contributed by atoms with Crippen LogP contribution in [0.5, 0.6) is 5.75 Å². The Labute approximate surface area is 221 Å². The van der Waals surface area contributed by atoms with Crippen LogP contribution in [0.4, 0.5) is 0 Å². The Hall–Kier alpha value is -3.27. The predicted octanol–water partition coefficient (Wildman–Crippen LogP) is 4.31.